The van der Waals surface area contributed by atoms with Gasteiger partial charge in [0.15, 0.2) is 6.29 Å². The standard InChI is InChI=1S/C14H18O2S/c1-12(17-13-7-3-2-4-8-13)11-16-14-9-5-6-10-15-14/h2-4,7-8,14H,1,5-6,9-11H2. The molecule has 17 heavy (non-hydrogen) atoms. The molecule has 92 valence electrons. The Bertz CT molecular complexity index is 344. The number of hydrogen-bond acceptors (Lipinski definition) is 3. The zero-order valence-electron chi connectivity index (χ0n) is 9.93. The van der Waals surface area contributed by atoms with Crippen LogP contribution in [0.25, 0.3) is 0 Å². The largest absolute Gasteiger partial charge is 0.353 e. The van der Waals surface area contributed by atoms with Gasteiger partial charge in [0.05, 0.1) is 6.61 Å². The van der Waals surface area contributed by atoms with E-state index >= 15 is 0 Å². The minimum absolute atomic E-state index is 0.0307. The van der Waals surface area contributed by atoms with E-state index in [1.54, 1.807) is 11.8 Å². The molecule has 0 amide bonds. The average molecular weight is 250 g/mol. The molecule has 1 aromatic rings. The summed E-state index contributed by atoms with van der Waals surface area (Å²) >= 11 is 1.66. The highest BCUT2D eigenvalue weighted by Gasteiger charge is 2.14. The lowest BCUT2D eigenvalue weighted by molar-refractivity contribution is -0.155. The van der Waals surface area contributed by atoms with Gasteiger partial charge in [-0.15, -0.1) is 0 Å². The Balaban J connectivity index is 1.70. The minimum atomic E-state index is -0.0307. The topological polar surface area (TPSA) is 18.5 Å². The maximum Gasteiger partial charge on any atom is 0.158 e. The van der Waals surface area contributed by atoms with Gasteiger partial charge in [-0.05, 0) is 31.4 Å². The summed E-state index contributed by atoms with van der Waals surface area (Å²) in [6.45, 7) is 5.40. The molecule has 0 spiro atoms. The zero-order valence-corrected chi connectivity index (χ0v) is 10.7. The van der Waals surface area contributed by atoms with Gasteiger partial charge >= 0.3 is 0 Å². The van der Waals surface area contributed by atoms with Crippen LogP contribution in [0.5, 0.6) is 0 Å². The second-order valence-electron chi connectivity index (χ2n) is 4.06. The first-order chi connectivity index (χ1) is 8.34. The van der Waals surface area contributed by atoms with Gasteiger partial charge in [0.1, 0.15) is 0 Å². The van der Waals surface area contributed by atoms with Gasteiger partial charge in [-0.25, -0.2) is 0 Å². The molecule has 0 aliphatic carbocycles. The van der Waals surface area contributed by atoms with Crippen molar-refractivity contribution >= 4 is 11.8 Å². The van der Waals surface area contributed by atoms with Gasteiger partial charge in [0, 0.05) is 16.4 Å². The summed E-state index contributed by atoms with van der Waals surface area (Å²) < 4.78 is 11.2. The van der Waals surface area contributed by atoms with E-state index in [-0.39, 0.29) is 6.29 Å². The van der Waals surface area contributed by atoms with E-state index in [0.29, 0.717) is 6.61 Å². The highest BCUT2D eigenvalue weighted by Crippen LogP contribution is 2.25. The van der Waals surface area contributed by atoms with Gasteiger partial charge in [0.2, 0.25) is 0 Å². The van der Waals surface area contributed by atoms with Crippen LogP contribution < -0.4 is 0 Å². The summed E-state index contributed by atoms with van der Waals surface area (Å²) in [6, 6.07) is 10.2. The van der Waals surface area contributed by atoms with Crippen molar-refractivity contribution in [2.45, 2.75) is 30.4 Å². The van der Waals surface area contributed by atoms with Gasteiger partial charge < -0.3 is 9.47 Å². The van der Waals surface area contributed by atoms with Crippen molar-refractivity contribution < 1.29 is 9.47 Å². The third kappa shape index (κ3) is 4.54. The average Bonchev–Trinajstić information content (AvgIpc) is 2.39. The van der Waals surface area contributed by atoms with E-state index in [2.05, 4.69) is 18.7 Å². The summed E-state index contributed by atoms with van der Waals surface area (Å²) in [7, 11) is 0. The SMILES string of the molecule is C=C(COC1CCCCO1)Sc1ccccc1. The Morgan fingerprint density at radius 1 is 1.35 bits per heavy atom. The highest BCUT2D eigenvalue weighted by atomic mass is 32.2. The van der Waals surface area contributed by atoms with Crippen LogP contribution in [-0.4, -0.2) is 19.5 Å². The van der Waals surface area contributed by atoms with Crippen LogP contribution in [-0.2, 0) is 9.47 Å². The Hall–Kier alpha value is -0.770. The summed E-state index contributed by atoms with van der Waals surface area (Å²) in [5.41, 5.74) is 0. The molecule has 2 nitrogen and oxygen atoms in total. The van der Waals surface area contributed by atoms with Crippen LogP contribution in [0.2, 0.25) is 0 Å². The predicted octanol–water partition coefficient (Wildman–Crippen LogP) is 3.84. The number of thioether (sulfide) groups is 1. The van der Waals surface area contributed by atoms with Gasteiger partial charge in [-0.2, -0.15) is 0 Å². The molecule has 1 heterocycles. The first-order valence-corrected chi connectivity index (χ1v) is 6.80. The molecule has 1 atom stereocenters. The van der Waals surface area contributed by atoms with Gasteiger partial charge in [-0.1, -0.05) is 36.5 Å². The van der Waals surface area contributed by atoms with Crippen molar-refractivity contribution in [2.24, 2.45) is 0 Å². The molecule has 1 aromatic carbocycles. The van der Waals surface area contributed by atoms with E-state index in [1.165, 1.54) is 11.3 Å². The van der Waals surface area contributed by atoms with E-state index < -0.39 is 0 Å². The Labute approximate surface area is 107 Å². The molecule has 3 heteroatoms. The molecule has 1 unspecified atom stereocenters. The van der Waals surface area contributed by atoms with Crippen LogP contribution in [0.3, 0.4) is 0 Å². The Morgan fingerprint density at radius 2 is 2.18 bits per heavy atom. The summed E-state index contributed by atoms with van der Waals surface area (Å²) in [5.74, 6) is 0. The third-order valence-electron chi connectivity index (χ3n) is 2.57. The van der Waals surface area contributed by atoms with Crippen LogP contribution in [0, 0.1) is 0 Å². The van der Waals surface area contributed by atoms with Crippen molar-refractivity contribution in [3.8, 4) is 0 Å². The van der Waals surface area contributed by atoms with Crippen LogP contribution >= 0.6 is 11.8 Å². The lowest BCUT2D eigenvalue weighted by Gasteiger charge is -2.22. The minimum Gasteiger partial charge on any atom is -0.353 e. The molecule has 1 aliphatic heterocycles. The fourth-order valence-corrected chi connectivity index (χ4v) is 2.47. The number of hydrogen-bond donors (Lipinski definition) is 0. The van der Waals surface area contributed by atoms with Crippen molar-refractivity contribution in [3.63, 3.8) is 0 Å². The monoisotopic (exact) mass is 250 g/mol. The molecule has 2 rings (SSSR count). The van der Waals surface area contributed by atoms with E-state index in [9.17, 15) is 0 Å². The Kier molecular flexibility index (Phi) is 5.10. The molecule has 1 saturated heterocycles. The summed E-state index contributed by atoms with van der Waals surface area (Å²) in [5, 5.41) is 0. The molecule has 0 N–H and O–H groups in total. The number of benzene rings is 1. The molecular weight excluding hydrogens is 232 g/mol. The maximum atomic E-state index is 5.67. The lowest BCUT2D eigenvalue weighted by Crippen LogP contribution is -2.22. The lowest BCUT2D eigenvalue weighted by atomic mass is 10.2. The van der Waals surface area contributed by atoms with Crippen LogP contribution in [0.15, 0.2) is 46.7 Å². The Morgan fingerprint density at radius 3 is 2.88 bits per heavy atom. The smallest absolute Gasteiger partial charge is 0.158 e. The van der Waals surface area contributed by atoms with Gasteiger partial charge in [-0.3, -0.25) is 0 Å². The normalized spacial score (nSPS) is 20.1. The third-order valence-corrected chi connectivity index (χ3v) is 3.49. The van der Waals surface area contributed by atoms with Crippen molar-refractivity contribution in [1.82, 2.24) is 0 Å². The first-order valence-electron chi connectivity index (χ1n) is 5.98. The number of ether oxygens (including phenoxy) is 2. The molecule has 0 saturated carbocycles. The highest BCUT2D eigenvalue weighted by molar-refractivity contribution is 8.03. The fraction of sp³-hybridized carbons (Fsp3) is 0.429. The van der Waals surface area contributed by atoms with Crippen molar-refractivity contribution in [3.05, 3.63) is 41.8 Å². The van der Waals surface area contributed by atoms with Crippen molar-refractivity contribution in [1.29, 1.82) is 0 Å². The predicted molar refractivity (Wildman–Crippen MR) is 71.0 cm³/mol. The maximum absolute atomic E-state index is 5.67. The molecule has 0 bridgehead atoms. The fourth-order valence-electron chi connectivity index (χ4n) is 1.71. The van der Waals surface area contributed by atoms with Crippen molar-refractivity contribution in [2.75, 3.05) is 13.2 Å². The zero-order chi connectivity index (χ0) is 11.9. The molecule has 0 radical (unpaired) electrons. The van der Waals surface area contributed by atoms with Gasteiger partial charge in [0.25, 0.3) is 0 Å². The molecule has 1 fully saturated rings. The van der Waals surface area contributed by atoms with Crippen LogP contribution in [0.1, 0.15) is 19.3 Å². The van der Waals surface area contributed by atoms with E-state index in [1.807, 2.05) is 18.2 Å². The van der Waals surface area contributed by atoms with E-state index in [4.69, 9.17) is 9.47 Å². The van der Waals surface area contributed by atoms with Crippen LogP contribution in [0.4, 0.5) is 0 Å². The molecule has 0 aromatic heterocycles. The first kappa shape index (κ1) is 12.7. The molecule has 1 aliphatic rings. The quantitative estimate of drug-likeness (QED) is 0.740. The second-order valence-corrected chi connectivity index (χ2v) is 5.31. The van der Waals surface area contributed by atoms with E-state index in [0.717, 1.165) is 24.4 Å². The summed E-state index contributed by atoms with van der Waals surface area (Å²) in [6.07, 6.45) is 3.32. The number of rotatable bonds is 5. The summed E-state index contributed by atoms with van der Waals surface area (Å²) in [4.78, 5) is 2.22. The molecular formula is C14H18O2S. The second kappa shape index (κ2) is 6.84.